The maximum absolute atomic E-state index is 12.3. The van der Waals surface area contributed by atoms with Gasteiger partial charge in [0.15, 0.2) is 0 Å². The highest BCUT2D eigenvalue weighted by Crippen LogP contribution is 2.25. The van der Waals surface area contributed by atoms with Crippen LogP contribution in [-0.4, -0.2) is 5.91 Å². The minimum atomic E-state index is -0.165. The summed E-state index contributed by atoms with van der Waals surface area (Å²) in [6.45, 7) is 2.10. The molecule has 0 aliphatic heterocycles. The largest absolute Gasteiger partial charge is 0.399 e. The number of carbonyl (C=O) groups excluding carboxylic acids is 1. The number of benzene rings is 1. The molecule has 1 aromatic carbocycles. The molecule has 0 saturated carbocycles. The Labute approximate surface area is 127 Å². The van der Waals surface area contributed by atoms with Crippen molar-refractivity contribution in [3.63, 3.8) is 0 Å². The highest BCUT2D eigenvalue weighted by molar-refractivity contribution is 7.10. The average molecular weight is 309 g/mol. The number of hydrogen-bond acceptors (Lipinski definition) is 3. The number of carbonyl (C=O) groups is 1. The van der Waals surface area contributed by atoms with Crippen molar-refractivity contribution in [3.8, 4) is 0 Å². The molecule has 1 heterocycles. The van der Waals surface area contributed by atoms with Crippen molar-refractivity contribution < 1.29 is 4.79 Å². The van der Waals surface area contributed by atoms with E-state index in [-0.39, 0.29) is 11.9 Å². The Morgan fingerprint density at radius 2 is 2.25 bits per heavy atom. The third-order valence-electron chi connectivity index (χ3n) is 3.01. The minimum absolute atomic E-state index is 0.0288. The van der Waals surface area contributed by atoms with Crippen LogP contribution >= 0.6 is 22.9 Å². The summed E-state index contributed by atoms with van der Waals surface area (Å²) in [5, 5.41) is 5.44. The number of hydrogen-bond donors (Lipinski definition) is 2. The Kier molecular flexibility index (Phi) is 5.04. The number of thiophene rings is 1. The summed E-state index contributed by atoms with van der Waals surface area (Å²) in [6.07, 6.45) is 1.90. The monoisotopic (exact) mass is 308 g/mol. The fourth-order valence-electron chi connectivity index (χ4n) is 2.02. The fourth-order valence-corrected chi connectivity index (χ4v) is 3.10. The molecule has 0 saturated heterocycles. The Balaban J connectivity index is 2.16. The normalized spacial score (nSPS) is 12.1. The lowest BCUT2D eigenvalue weighted by molar-refractivity contribution is 0.0935. The summed E-state index contributed by atoms with van der Waals surface area (Å²) in [4.78, 5) is 13.5. The molecule has 20 heavy (non-hydrogen) atoms. The molecule has 2 aromatic rings. The van der Waals surface area contributed by atoms with Gasteiger partial charge in [-0.15, -0.1) is 11.3 Å². The number of nitrogen functional groups attached to an aromatic ring is 1. The zero-order valence-corrected chi connectivity index (χ0v) is 12.8. The van der Waals surface area contributed by atoms with Crippen molar-refractivity contribution in [2.24, 2.45) is 0 Å². The van der Waals surface area contributed by atoms with E-state index in [9.17, 15) is 4.79 Å². The van der Waals surface area contributed by atoms with E-state index in [2.05, 4.69) is 12.2 Å². The predicted octanol–water partition coefficient (Wildman–Crippen LogP) is 4.25. The maximum atomic E-state index is 12.3. The van der Waals surface area contributed by atoms with Gasteiger partial charge in [0, 0.05) is 10.6 Å². The molecule has 106 valence electrons. The van der Waals surface area contributed by atoms with E-state index < -0.39 is 0 Å². The van der Waals surface area contributed by atoms with Crippen molar-refractivity contribution in [2.45, 2.75) is 25.8 Å². The Bertz CT molecular complexity index is 584. The first kappa shape index (κ1) is 14.9. The number of anilines is 1. The van der Waals surface area contributed by atoms with Gasteiger partial charge in [0.05, 0.1) is 16.6 Å². The van der Waals surface area contributed by atoms with Gasteiger partial charge in [-0.05, 0) is 36.1 Å². The highest BCUT2D eigenvalue weighted by Gasteiger charge is 2.17. The van der Waals surface area contributed by atoms with Crippen LogP contribution in [0.1, 0.15) is 41.0 Å². The fraction of sp³-hybridized carbons (Fsp3) is 0.267. The van der Waals surface area contributed by atoms with E-state index in [4.69, 9.17) is 17.3 Å². The van der Waals surface area contributed by atoms with Crippen LogP contribution in [-0.2, 0) is 0 Å². The summed E-state index contributed by atoms with van der Waals surface area (Å²) in [5.74, 6) is -0.165. The summed E-state index contributed by atoms with van der Waals surface area (Å²) in [5.41, 5.74) is 6.65. The van der Waals surface area contributed by atoms with Crippen LogP contribution < -0.4 is 11.1 Å². The quantitative estimate of drug-likeness (QED) is 0.811. The van der Waals surface area contributed by atoms with E-state index in [1.807, 2.05) is 17.5 Å². The molecular formula is C15H17ClN2OS. The van der Waals surface area contributed by atoms with Crippen LogP contribution in [0.3, 0.4) is 0 Å². The molecule has 0 bridgehead atoms. The second-order valence-electron chi connectivity index (χ2n) is 4.57. The van der Waals surface area contributed by atoms with Crippen LogP contribution in [0.4, 0.5) is 5.69 Å². The van der Waals surface area contributed by atoms with E-state index >= 15 is 0 Å². The third-order valence-corrected chi connectivity index (χ3v) is 4.31. The molecule has 0 spiro atoms. The number of nitrogens with two attached hydrogens (primary N) is 1. The van der Waals surface area contributed by atoms with E-state index in [0.29, 0.717) is 16.3 Å². The van der Waals surface area contributed by atoms with Crippen LogP contribution in [0.25, 0.3) is 0 Å². The first-order valence-electron chi connectivity index (χ1n) is 6.51. The summed E-state index contributed by atoms with van der Waals surface area (Å²) < 4.78 is 0. The second kappa shape index (κ2) is 6.77. The van der Waals surface area contributed by atoms with Crippen molar-refractivity contribution >= 4 is 34.5 Å². The van der Waals surface area contributed by atoms with Gasteiger partial charge in [-0.25, -0.2) is 0 Å². The maximum Gasteiger partial charge on any atom is 0.253 e. The molecule has 0 aliphatic rings. The Hall–Kier alpha value is -1.52. The molecule has 2 rings (SSSR count). The lowest BCUT2D eigenvalue weighted by atomic mass is 10.1. The van der Waals surface area contributed by atoms with Crippen molar-refractivity contribution in [1.82, 2.24) is 5.32 Å². The highest BCUT2D eigenvalue weighted by atomic mass is 35.5. The summed E-state index contributed by atoms with van der Waals surface area (Å²) in [6, 6.07) is 8.99. The van der Waals surface area contributed by atoms with Crippen molar-refractivity contribution in [3.05, 3.63) is 51.2 Å². The van der Waals surface area contributed by atoms with Crippen LogP contribution in [0.5, 0.6) is 0 Å². The number of amides is 1. The summed E-state index contributed by atoms with van der Waals surface area (Å²) >= 11 is 7.72. The third kappa shape index (κ3) is 3.52. The molecule has 1 aromatic heterocycles. The average Bonchev–Trinajstić information content (AvgIpc) is 2.91. The zero-order valence-electron chi connectivity index (χ0n) is 11.2. The van der Waals surface area contributed by atoms with Crippen molar-refractivity contribution in [1.29, 1.82) is 0 Å². The van der Waals surface area contributed by atoms with E-state index in [1.165, 1.54) is 0 Å². The molecule has 0 radical (unpaired) electrons. The molecule has 0 aliphatic carbocycles. The number of nitrogens with one attached hydrogen (secondary N) is 1. The van der Waals surface area contributed by atoms with Crippen LogP contribution in [0.2, 0.25) is 5.02 Å². The molecule has 5 heteroatoms. The molecule has 0 fully saturated rings. The van der Waals surface area contributed by atoms with Crippen LogP contribution in [0, 0.1) is 0 Å². The number of halogens is 1. The van der Waals surface area contributed by atoms with Gasteiger partial charge in [-0.2, -0.15) is 0 Å². The SMILES string of the molecule is CCCC(NC(=O)c1ccc(N)cc1Cl)c1cccs1. The van der Waals surface area contributed by atoms with Gasteiger partial charge >= 0.3 is 0 Å². The van der Waals surface area contributed by atoms with Gasteiger partial charge in [0.2, 0.25) is 0 Å². The Morgan fingerprint density at radius 1 is 1.45 bits per heavy atom. The van der Waals surface area contributed by atoms with Gasteiger partial charge in [-0.3, -0.25) is 4.79 Å². The van der Waals surface area contributed by atoms with Gasteiger partial charge < -0.3 is 11.1 Å². The number of rotatable bonds is 5. The van der Waals surface area contributed by atoms with Crippen molar-refractivity contribution in [2.75, 3.05) is 5.73 Å². The second-order valence-corrected chi connectivity index (χ2v) is 5.96. The smallest absolute Gasteiger partial charge is 0.253 e. The first-order chi connectivity index (χ1) is 9.61. The molecule has 1 amide bonds. The Morgan fingerprint density at radius 3 is 2.85 bits per heavy atom. The minimum Gasteiger partial charge on any atom is -0.399 e. The lowest BCUT2D eigenvalue weighted by Crippen LogP contribution is -2.28. The van der Waals surface area contributed by atoms with Gasteiger partial charge in [0.1, 0.15) is 0 Å². The molecule has 1 atom stereocenters. The summed E-state index contributed by atoms with van der Waals surface area (Å²) in [7, 11) is 0. The first-order valence-corrected chi connectivity index (χ1v) is 7.77. The molecule has 3 N–H and O–H groups in total. The zero-order chi connectivity index (χ0) is 14.5. The van der Waals surface area contributed by atoms with E-state index in [0.717, 1.165) is 17.7 Å². The molecule has 3 nitrogen and oxygen atoms in total. The van der Waals surface area contributed by atoms with E-state index in [1.54, 1.807) is 29.5 Å². The molecule has 1 unspecified atom stereocenters. The topological polar surface area (TPSA) is 55.1 Å². The van der Waals surface area contributed by atoms with Crippen LogP contribution in [0.15, 0.2) is 35.7 Å². The molecular weight excluding hydrogens is 292 g/mol. The van der Waals surface area contributed by atoms with Gasteiger partial charge in [-0.1, -0.05) is 31.0 Å². The van der Waals surface area contributed by atoms with Gasteiger partial charge in [0.25, 0.3) is 5.91 Å². The lowest BCUT2D eigenvalue weighted by Gasteiger charge is -2.17. The predicted molar refractivity (Wildman–Crippen MR) is 85.3 cm³/mol. The standard InChI is InChI=1S/C15H17ClN2OS/c1-2-4-13(14-5-3-8-20-14)18-15(19)11-7-6-10(17)9-12(11)16/h3,5-9,13H,2,4,17H2,1H3,(H,18,19).